The van der Waals surface area contributed by atoms with Crippen molar-refractivity contribution >= 4 is 22.3 Å². The number of aromatic nitrogens is 2. The molecule has 2 unspecified atom stereocenters. The third kappa shape index (κ3) is 4.94. The zero-order valence-corrected chi connectivity index (χ0v) is 24.5. The molecule has 1 aliphatic carbocycles. The lowest BCUT2D eigenvalue weighted by atomic mass is 9.99. The van der Waals surface area contributed by atoms with Crippen LogP contribution in [0, 0.1) is 12.3 Å². The number of benzene rings is 2. The van der Waals surface area contributed by atoms with E-state index in [0.29, 0.717) is 44.2 Å². The van der Waals surface area contributed by atoms with Gasteiger partial charge in [0.25, 0.3) is 0 Å². The molecule has 2 bridgehead atoms. The van der Waals surface area contributed by atoms with E-state index in [0.717, 1.165) is 74.6 Å². The molecule has 0 radical (unpaired) electrons. The monoisotopic (exact) mass is 572 g/mol. The molecule has 8 nitrogen and oxygen atoms in total. The SMILES string of the molecule is Cc1cccc2cc(O)cc(N3CCc4c(nc(OCC5(CN6CC[C@@H](F)C6)CC5)nc4N4CC5CCC(C4)N5)C3)c12. The highest BCUT2D eigenvalue weighted by Crippen LogP contribution is 2.47. The smallest absolute Gasteiger partial charge is 0.318 e. The Morgan fingerprint density at radius 3 is 2.64 bits per heavy atom. The molecule has 5 heterocycles. The summed E-state index contributed by atoms with van der Waals surface area (Å²) < 4.78 is 20.3. The first-order chi connectivity index (χ1) is 20.4. The molecule has 222 valence electrons. The fourth-order valence-electron chi connectivity index (χ4n) is 7.86. The molecule has 0 spiro atoms. The third-order valence-corrected chi connectivity index (χ3v) is 10.3. The predicted octanol–water partition coefficient (Wildman–Crippen LogP) is 4.35. The highest BCUT2D eigenvalue weighted by atomic mass is 19.1. The number of halogens is 1. The summed E-state index contributed by atoms with van der Waals surface area (Å²) in [6.45, 7) is 8.39. The van der Waals surface area contributed by atoms with Crippen molar-refractivity contribution in [2.75, 3.05) is 55.7 Å². The van der Waals surface area contributed by atoms with Gasteiger partial charge in [-0.2, -0.15) is 9.97 Å². The number of likely N-dealkylation sites (tertiary alicyclic amines) is 1. The molecule has 3 atom stereocenters. The minimum absolute atomic E-state index is 0.0850. The van der Waals surface area contributed by atoms with Crippen molar-refractivity contribution in [1.82, 2.24) is 20.2 Å². The zero-order valence-electron chi connectivity index (χ0n) is 24.5. The van der Waals surface area contributed by atoms with Crippen LogP contribution in [0.1, 0.15) is 48.9 Å². The van der Waals surface area contributed by atoms with E-state index >= 15 is 0 Å². The molecule has 4 fully saturated rings. The van der Waals surface area contributed by atoms with E-state index in [9.17, 15) is 9.50 Å². The molecule has 4 aliphatic heterocycles. The van der Waals surface area contributed by atoms with Crippen LogP contribution in [0.2, 0.25) is 0 Å². The molecular weight excluding hydrogens is 531 g/mol. The number of piperazine rings is 1. The Labute approximate surface area is 246 Å². The number of rotatable bonds is 7. The van der Waals surface area contributed by atoms with Crippen LogP contribution in [0.15, 0.2) is 30.3 Å². The molecule has 0 amide bonds. The van der Waals surface area contributed by atoms with E-state index < -0.39 is 6.17 Å². The van der Waals surface area contributed by atoms with Crippen molar-refractivity contribution in [3.05, 3.63) is 47.2 Å². The quantitative estimate of drug-likeness (QED) is 0.433. The maximum atomic E-state index is 13.8. The fraction of sp³-hybridized carbons (Fsp3) is 0.576. The van der Waals surface area contributed by atoms with E-state index in [1.807, 2.05) is 18.2 Å². The van der Waals surface area contributed by atoms with Crippen LogP contribution < -0.4 is 19.9 Å². The van der Waals surface area contributed by atoms with Crippen molar-refractivity contribution in [1.29, 1.82) is 0 Å². The molecule has 8 rings (SSSR count). The van der Waals surface area contributed by atoms with Crippen molar-refractivity contribution in [3.63, 3.8) is 0 Å². The highest BCUT2D eigenvalue weighted by molar-refractivity contribution is 5.98. The van der Waals surface area contributed by atoms with Crippen LogP contribution >= 0.6 is 0 Å². The minimum atomic E-state index is -0.696. The van der Waals surface area contributed by atoms with Gasteiger partial charge in [-0.25, -0.2) is 4.39 Å². The maximum absolute atomic E-state index is 13.8. The first-order valence-corrected chi connectivity index (χ1v) is 15.8. The second kappa shape index (κ2) is 10.2. The Morgan fingerprint density at radius 2 is 1.88 bits per heavy atom. The van der Waals surface area contributed by atoms with E-state index in [1.54, 1.807) is 0 Å². The van der Waals surface area contributed by atoms with Gasteiger partial charge in [-0.3, -0.25) is 4.90 Å². The fourth-order valence-corrected chi connectivity index (χ4v) is 7.86. The average Bonchev–Trinajstić information content (AvgIpc) is 3.50. The second-order valence-corrected chi connectivity index (χ2v) is 13.5. The number of nitrogens with one attached hydrogen (secondary N) is 1. The molecule has 2 N–H and O–H groups in total. The number of aryl methyl sites for hydroxylation is 1. The Kier molecular flexibility index (Phi) is 6.44. The minimum Gasteiger partial charge on any atom is -0.508 e. The number of ether oxygens (including phenoxy) is 1. The molecule has 42 heavy (non-hydrogen) atoms. The summed E-state index contributed by atoms with van der Waals surface area (Å²) in [6.07, 6.45) is 5.44. The highest BCUT2D eigenvalue weighted by Gasteiger charge is 2.46. The summed E-state index contributed by atoms with van der Waals surface area (Å²) in [5.74, 6) is 1.32. The number of nitrogens with zero attached hydrogens (tertiary/aromatic N) is 5. The Hall–Kier alpha value is -3.17. The summed E-state index contributed by atoms with van der Waals surface area (Å²) in [7, 11) is 0. The third-order valence-electron chi connectivity index (χ3n) is 10.3. The van der Waals surface area contributed by atoms with Crippen molar-refractivity contribution in [2.45, 2.75) is 70.2 Å². The molecule has 3 aromatic rings. The lowest BCUT2D eigenvalue weighted by Crippen LogP contribution is -2.52. The first-order valence-electron chi connectivity index (χ1n) is 15.8. The average molecular weight is 573 g/mol. The van der Waals surface area contributed by atoms with Crippen molar-refractivity contribution < 1.29 is 14.2 Å². The first kappa shape index (κ1) is 26.5. The van der Waals surface area contributed by atoms with Gasteiger partial charge in [-0.15, -0.1) is 0 Å². The number of hydrogen-bond acceptors (Lipinski definition) is 8. The molecule has 1 saturated carbocycles. The van der Waals surface area contributed by atoms with Crippen LogP contribution in [-0.2, 0) is 13.0 Å². The van der Waals surface area contributed by atoms with Crippen LogP contribution in [-0.4, -0.2) is 84.1 Å². The van der Waals surface area contributed by atoms with Crippen LogP contribution in [0.5, 0.6) is 11.8 Å². The van der Waals surface area contributed by atoms with Crippen LogP contribution in [0.3, 0.4) is 0 Å². The normalized spacial score (nSPS) is 26.6. The second-order valence-electron chi connectivity index (χ2n) is 13.5. The van der Waals surface area contributed by atoms with Crippen LogP contribution in [0.25, 0.3) is 10.8 Å². The molecule has 1 aromatic heterocycles. The van der Waals surface area contributed by atoms with Gasteiger partial charge in [0.2, 0.25) is 0 Å². The molecule has 9 heteroatoms. The zero-order chi connectivity index (χ0) is 28.4. The summed E-state index contributed by atoms with van der Waals surface area (Å²) in [6, 6.07) is 11.5. The number of anilines is 2. The topological polar surface area (TPSA) is 77.0 Å². The summed E-state index contributed by atoms with van der Waals surface area (Å²) in [5.41, 5.74) is 4.58. The van der Waals surface area contributed by atoms with E-state index in [4.69, 9.17) is 14.7 Å². The van der Waals surface area contributed by atoms with Crippen molar-refractivity contribution in [3.8, 4) is 11.8 Å². The summed E-state index contributed by atoms with van der Waals surface area (Å²) >= 11 is 0. The molecule has 5 aliphatic rings. The van der Waals surface area contributed by atoms with Gasteiger partial charge in [0, 0.05) is 79.5 Å². The summed E-state index contributed by atoms with van der Waals surface area (Å²) in [5, 5.41) is 16.6. The van der Waals surface area contributed by atoms with Crippen LogP contribution in [0.4, 0.5) is 15.9 Å². The van der Waals surface area contributed by atoms with Gasteiger partial charge in [-0.05, 0) is 62.5 Å². The number of phenolic OH excluding ortho intramolecular Hbond substituents is 1. The van der Waals surface area contributed by atoms with E-state index in [-0.39, 0.29) is 11.2 Å². The van der Waals surface area contributed by atoms with Crippen molar-refractivity contribution in [2.24, 2.45) is 5.41 Å². The standard InChI is InChI=1S/C33H41FN6O2/c1-21-3-2-4-22-13-26(41)14-29(30(21)22)39-12-8-27-28(18-39)36-32(37-31(27)40-16-24-5-6-25(17-40)35-24)42-20-33(9-10-33)19-38-11-7-23(34)15-38/h2-4,13-14,23-25,35,41H,5-12,15-20H2,1H3/t23-,24?,25?/m1/s1. The molecule has 3 saturated heterocycles. The van der Waals surface area contributed by atoms with Gasteiger partial charge < -0.3 is 25.0 Å². The molecular formula is C33H41FN6O2. The van der Waals surface area contributed by atoms with Gasteiger partial charge in [0.1, 0.15) is 17.7 Å². The summed E-state index contributed by atoms with van der Waals surface area (Å²) in [4.78, 5) is 17.2. The van der Waals surface area contributed by atoms with Gasteiger partial charge in [-0.1, -0.05) is 18.2 Å². The van der Waals surface area contributed by atoms with Gasteiger partial charge >= 0.3 is 6.01 Å². The van der Waals surface area contributed by atoms with E-state index in [2.05, 4.69) is 39.1 Å². The Balaban J connectivity index is 1.10. The van der Waals surface area contributed by atoms with Gasteiger partial charge in [0.05, 0.1) is 18.8 Å². The Bertz CT molecular complexity index is 1500. The number of hydrogen-bond donors (Lipinski definition) is 2. The predicted molar refractivity (Wildman–Crippen MR) is 162 cm³/mol. The number of aromatic hydroxyl groups is 1. The largest absolute Gasteiger partial charge is 0.508 e. The number of alkyl halides is 1. The Morgan fingerprint density at radius 1 is 1.05 bits per heavy atom. The van der Waals surface area contributed by atoms with Gasteiger partial charge in [0.15, 0.2) is 0 Å². The lowest BCUT2D eigenvalue weighted by molar-refractivity contribution is 0.164. The maximum Gasteiger partial charge on any atom is 0.318 e. The number of fused-ring (bicyclic) bond motifs is 4. The number of phenols is 1. The van der Waals surface area contributed by atoms with E-state index in [1.165, 1.54) is 29.4 Å². The molecule has 2 aromatic carbocycles. The lowest BCUT2D eigenvalue weighted by Gasteiger charge is -2.37.